The number of hydrogen-bond acceptors (Lipinski definition) is 3. The molecular formula is C20H20Cl2FNO2. The minimum atomic E-state index is -0.605. The van der Waals surface area contributed by atoms with Gasteiger partial charge in [0.1, 0.15) is 17.3 Å². The maximum Gasteiger partial charge on any atom is 0.141 e. The quantitative estimate of drug-likeness (QED) is 0.589. The van der Waals surface area contributed by atoms with E-state index in [1.165, 1.54) is 12.1 Å². The second kappa shape index (κ2) is 9.19. The monoisotopic (exact) mass is 395 g/mol. The molecule has 0 spiro atoms. The number of nitrogens with one attached hydrogen (secondary N) is 1. The van der Waals surface area contributed by atoms with Crippen molar-refractivity contribution in [2.45, 2.75) is 25.6 Å². The summed E-state index contributed by atoms with van der Waals surface area (Å²) in [6.07, 6.45) is -0.605. The molecule has 0 aliphatic heterocycles. The summed E-state index contributed by atoms with van der Waals surface area (Å²) in [5.41, 5.74) is 1.58. The summed E-state index contributed by atoms with van der Waals surface area (Å²) in [5, 5.41) is 13.7. The normalized spacial score (nSPS) is 13.1. The number of rotatable bonds is 6. The fourth-order valence-corrected chi connectivity index (χ4v) is 2.77. The molecule has 0 saturated heterocycles. The van der Waals surface area contributed by atoms with Crippen molar-refractivity contribution in [1.82, 2.24) is 5.32 Å². The Labute approximate surface area is 163 Å². The predicted molar refractivity (Wildman–Crippen MR) is 104 cm³/mol. The van der Waals surface area contributed by atoms with E-state index >= 15 is 0 Å². The van der Waals surface area contributed by atoms with Gasteiger partial charge in [-0.05, 0) is 42.8 Å². The van der Waals surface area contributed by atoms with E-state index in [1.54, 1.807) is 6.07 Å². The molecule has 2 aromatic carbocycles. The van der Waals surface area contributed by atoms with Crippen molar-refractivity contribution in [3.63, 3.8) is 0 Å². The molecule has 138 valence electrons. The molecule has 26 heavy (non-hydrogen) atoms. The third-order valence-corrected chi connectivity index (χ3v) is 4.37. The van der Waals surface area contributed by atoms with Crippen molar-refractivity contribution >= 4 is 24.0 Å². The van der Waals surface area contributed by atoms with Crippen LogP contribution in [0.3, 0.4) is 0 Å². The fourth-order valence-electron chi connectivity index (χ4n) is 2.59. The fraction of sp³-hybridized carbons (Fsp3) is 0.200. The Morgan fingerprint density at radius 1 is 1.12 bits per heavy atom. The van der Waals surface area contributed by atoms with Crippen LogP contribution in [0, 0.1) is 5.82 Å². The summed E-state index contributed by atoms with van der Waals surface area (Å²) < 4.78 is 19.0. The van der Waals surface area contributed by atoms with Gasteiger partial charge in [-0.15, -0.1) is 12.4 Å². The van der Waals surface area contributed by atoms with Crippen LogP contribution in [0.15, 0.2) is 65.1 Å². The highest BCUT2D eigenvalue weighted by molar-refractivity contribution is 6.31. The van der Waals surface area contributed by atoms with Gasteiger partial charge in [-0.2, -0.15) is 0 Å². The van der Waals surface area contributed by atoms with Crippen molar-refractivity contribution in [2.24, 2.45) is 0 Å². The van der Waals surface area contributed by atoms with Crippen molar-refractivity contribution in [3.8, 4) is 11.3 Å². The van der Waals surface area contributed by atoms with Gasteiger partial charge in [0, 0.05) is 11.6 Å². The molecule has 0 radical (unpaired) electrons. The Morgan fingerprint density at radius 3 is 2.54 bits per heavy atom. The molecule has 2 N–H and O–H groups in total. The summed E-state index contributed by atoms with van der Waals surface area (Å²) in [6.45, 7) is 2.39. The predicted octanol–water partition coefficient (Wildman–Crippen LogP) is 5.37. The first-order valence-corrected chi connectivity index (χ1v) is 8.43. The van der Waals surface area contributed by atoms with Gasteiger partial charge in [-0.1, -0.05) is 41.9 Å². The minimum absolute atomic E-state index is 0. The van der Waals surface area contributed by atoms with Crippen LogP contribution >= 0.6 is 24.0 Å². The molecule has 3 nitrogen and oxygen atoms in total. The van der Waals surface area contributed by atoms with Gasteiger partial charge >= 0.3 is 0 Å². The van der Waals surface area contributed by atoms with Gasteiger partial charge < -0.3 is 14.8 Å². The van der Waals surface area contributed by atoms with Gasteiger partial charge in [-0.3, -0.25) is 0 Å². The van der Waals surface area contributed by atoms with Crippen LogP contribution in [-0.4, -0.2) is 11.1 Å². The lowest BCUT2D eigenvalue weighted by Crippen LogP contribution is -2.31. The first-order chi connectivity index (χ1) is 12.0. The molecule has 1 heterocycles. The Bertz CT molecular complexity index is 839. The highest BCUT2D eigenvalue weighted by atomic mass is 35.5. The molecule has 0 aliphatic carbocycles. The van der Waals surface area contributed by atoms with E-state index in [9.17, 15) is 9.50 Å². The van der Waals surface area contributed by atoms with E-state index in [2.05, 4.69) is 5.32 Å². The Balaban J connectivity index is 0.00000243. The van der Waals surface area contributed by atoms with Crippen molar-refractivity contribution in [2.75, 3.05) is 0 Å². The molecule has 0 amide bonds. The molecule has 2 atom stereocenters. The summed E-state index contributed by atoms with van der Waals surface area (Å²) in [5.74, 6) is 0.889. The first-order valence-electron chi connectivity index (χ1n) is 8.05. The molecule has 3 aromatic rings. The van der Waals surface area contributed by atoms with E-state index in [-0.39, 0.29) is 23.5 Å². The highest BCUT2D eigenvalue weighted by Gasteiger charge is 2.16. The standard InChI is InChI=1S/C20H19ClFNO2.ClH/c1-13(20(24)14-5-3-2-4-6-14)23-12-16-8-10-19(25-16)15-7-9-18(22)17(21)11-15;/h2-11,13,20,23-24H,12H2,1H3;1H. The van der Waals surface area contributed by atoms with Crippen LogP contribution in [0.1, 0.15) is 24.4 Å². The molecule has 0 saturated carbocycles. The number of aliphatic hydroxyl groups is 1. The van der Waals surface area contributed by atoms with E-state index in [0.29, 0.717) is 12.3 Å². The highest BCUT2D eigenvalue weighted by Crippen LogP contribution is 2.26. The van der Waals surface area contributed by atoms with Gasteiger partial charge in [0.25, 0.3) is 0 Å². The summed E-state index contributed by atoms with van der Waals surface area (Å²) in [4.78, 5) is 0. The van der Waals surface area contributed by atoms with E-state index < -0.39 is 11.9 Å². The van der Waals surface area contributed by atoms with Crippen LogP contribution in [0.4, 0.5) is 4.39 Å². The lowest BCUT2D eigenvalue weighted by Gasteiger charge is -2.20. The Hall–Kier alpha value is -1.85. The average molecular weight is 396 g/mol. The molecular weight excluding hydrogens is 376 g/mol. The Kier molecular flexibility index (Phi) is 7.23. The first kappa shape index (κ1) is 20.5. The average Bonchev–Trinajstić information content (AvgIpc) is 3.11. The SMILES string of the molecule is CC(NCc1ccc(-c2ccc(F)c(Cl)c2)o1)C(O)c1ccccc1.Cl. The molecule has 2 unspecified atom stereocenters. The van der Waals surface area contributed by atoms with Crippen LogP contribution in [0.5, 0.6) is 0 Å². The maximum atomic E-state index is 13.2. The molecule has 0 fully saturated rings. The van der Waals surface area contributed by atoms with Crippen molar-refractivity contribution < 1.29 is 13.9 Å². The number of aliphatic hydroxyl groups excluding tert-OH is 1. The molecule has 1 aromatic heterocycles. The lowest BCUT2D eigenvalue weighted by molar-refractivity contribution is 0.134. The third kappa shape index (κ3) is 4.86. The summed E-state index contributed by atoms with van der Waals surface area (Å²) >= 11 is 5.81. The smallest absolute Gasteiger partial charge is 0.141 e. The Morgan fingerprint density at radius 2 is 1.85 bits per heavy atom. The topological polar surface area (TPSA) is 45.4 Å². The molecule has 0 aliphatic rings. The van der Waals surface area contributed by atoms with Crippen LogP contribution in [-0.2, 0) is 6.54 Å². The summed E-state index contributed by atoms with van der Waals surface area (Å²) in [6, 6.07) is 17.5. The van der Waals surface area contributed by atoms with E-state index in [4.69, 9.17) is 16.0 Å². The largest absolute Gasteiger partial charge is 0.460 e. The number of halogens is 3. The van der Waals surface area contributed by atoms with Gasteiger partial charge in [-0.25, -0.2) is 4.39 Å². The van der Waals surface area contributed by atoms with Gasteiger partial charge in [0.2, 0.25) is 0 Å². The number of benzene rings is 2. The van der Waals surface area contributed by atoms with E-state index in [0.717, 1.165) is 16.9 Å². The lowest BCUT2D eigenvalue weighted by atomic mass is 10.0. The molecule has 0 bridgehead atoms. The third-order valence-electron chi connectivity index (χ3n) is 4.08. The summed E-state index contributed by atoms with van der Waals surface area (Å²) in [7, 11) is 0. The zero-order valence-corrected chi connectivity index (χ0v) is 15.7. The zero-order valence-electron chi connectivity index (χ0n) is 14.2. The van der Waals surface area contributed by atoms with Crippen LogP contribution in [0.2, 0.25) is 5.02 Å². The van der Waals surface area contributed by atoms with Crippen molar-refractivity contribution in [1.29, 1.82) is 0 Å². The van der Waals surface area contributed by atoms with Crippen molar-refractivity contribution in [3.05, 3.63) is 82.8 Å². The van der Waals surface area contributed by atoms with Crippen LogP contribution in [0.25, 0.3) is 11.3 Å². The van der Waals surface area contributed by atoms with Gasteiger partial charge in [0.05, 0.1) is 17.7 Å². The van der Waals surface area contributed by atoms with Gasteiger partial charge in [0.15, 0.2) is 0 Å². The van der Waals surface area contributed by atoms with Crippen LogP contribution < -0.4 is 5.32 Å². The second-order valence-corrected chi connectivity index (χ2v) is 6.33. The minimum Gasteiger partial charge on any atom is -0.460 e. The second-order valence-electron chi connectivity index (χ2n) is 5.92. The maximum absolute atomic E-state index is 13.2. The number of furan rings is 1. The number of hydrogen-bond donors (Lipinski definition) is 2. The molecule has 3 rings (SSSR count). The molecule has 6 heteroatoms. The zero-order chi connectivity index (χ0) is 17.8. The van der Waals surface area contributed by atoms with E-state index in [1.807, 2.05) is 49.4 Å².